The van der Waals surface area contributed by atoms with Crippen LogP contribution >= 0.6 is 0 Å². The SMILES string of the molecule is CCOC(=O)NCc1ccccc1C#CCN. The molecule has 1 amide bonds. The standard InChI is InChI=1S/C13H16N2O2/c1-2-17-13(16)15-10-12-7-4-3-6-11(12)8-5-9-14/h3-4,6-7H,2,9-10,14H2,1H3,(H,15,16). The second-order valence-corrected chi connectivity index (χ2v) is 3.24. The molecule has 0 fully saturated rings. The molecule has 0 aliphatic carbocycles. The summed E-state index contributed by atoms with van der Waals surface area (Å²) in [5.41, 5.74) is 7.14. The maximum Gasteiger partial charge on any atom is 0.407 e. The number of hydrogen-bond acceptors (Lipinski definition) is 3. The van der Waals surface area contributed by atoms with Crippen LogP contribution < -0.4 is 11.1 Å². The summed E-state index contributed by atoms with van der Waals surface area (Å²) in [5.74, 6) is 5.75. The maximum absolute atomic E-state index is 11.2. The van der Waals surface area contributed by atoms with Crippen molar-refractivity contribution in [2.45, 2.75) is 13.5 Å². The second-order valence-electron chi connectivity index (χ2n) is 3.24. The molecule has 0 aliphatic heterocycles. The van der Waals surface area contributed by atoms with Gasteiger partial charge in [-0.3, -0.25) is 0 Å². The molecule has 0 unspecified atom stereocenters. The van der Waals surface area contributed by atoms with Crippen molar-refractivity contribution in [3.8, 4) is 11.8 Å². The summed E-state index contributed by atoms with van der Waals surface area (Å²) in [7, 11) is 0. The number of nitrogens with two attached hydrogens (primary N) is 1. The Hall–Kier alpha value is -1.99. The van der Waals surface area contributed by atoms with E-state index in [0.29, 0.717) is 19.7 Å². The van der Waals surface area contributed by atoms with Crippen LogP contribution in [0.2, 0.25) is 0 Å². The first-order valence-electron chi connectivity index (χ1n) is 5.45. The average Bonchev–Trinajstić information content (AvgIpc) is 2.35. The second kappa shape index (κ2) is 7.31. The lowest BCUT2D eigenvalue weighted by Gasteiger charge is -2.06. The molecule has 0 spiro atoms. The van der Waals surface area contributed by atoms with Gasteiger partial charge < -0.3 is 15.8 Å². The number of ether oxygens (including phenoxy) is 1. The fourth-order valence-electron chi connectivity index (χ4n) is 1.29. The highest BCUT2D eigenvalue weighted by Gasteiger charge is 2.02. The van der Waals surface area contributed by atoms with Crippen LogP contribution in [0.5, 0.6) is 0 Å². The van der Waals surface area contributed by atoms with E-state index in [1.54, 1.807) is 6.92 Å². The van der Waals surface area contributed by atoms with E-state index in [1.165, 1.54) is 0 Å². The zero-order valence-corrected chi connectivity index (χ0v) is 9.82. The lowest BCUT2D eigenvalue weighted by atomic mass is 10.1. The summed E-state index contributed by atoms with van der Waals surface area (Å²) < 4.78 is 4.78. The van der Waals surface area contributed by atoms with E-state index in [2.05, 4.69) is 17.2 Å². The van der Waals surface area contributed by atoms with E-state index in [4.69, 9.17) is 10.5 Å². The first-order valence-corrected chi connectivity index (χ1v) is 5.45. The number of amides is 1. The molecule has 0 radical (unpaired) electrons. The van der Waals surface area contributed by atoms with Crippen LogP contribution in [0.1, 0.15) is 18.1 Å². The molecule has 90 valence electrons. The number of benzene rings is 1. The van der Waals surface area contributed by atoms with Gasteiger partial charge in [0.2, 0.25) is 0 Å². The van der Waals surface area contributed by atoms with Gasteiger partial charge in [-0.05, 0) is 18.6 Å². The number of carbonyl (C=O) groups excluding carboxylic acids is 1. The van der Waals surface area contributed by atoms with Gasteiger partial charge >= 0.3 is 6.09 Å². The van der Waals surface area contributed by atoms with Crippen molar-refractivity contribution in [1.29, 1.82) is 0 Å². The number of rotatable bonds is 3. The summed E-state index contributed by atoms with van der Waals surface area (Å²) in [6.45, 7) is 2.84. The van der Waals surface area contributed by atoms with E-state index < -0.39 is 6.09 Å². The molecule has 0 aliphatic rings. The van der Waals surface area contributed by atoms with E-state index in [0.717, 1.165) is 11.1 Å². The first kappa shape index (κ1) is 13.1. The van der Waals surface area contributed by atoms with Crippen molar-refractivity contribution in [1.82, 2.24) is 5.32 Å². The normalized spacial score (nSPS) is 9.06. The molecule has 1 aromatic rings. The van der Waals surface area contributed by atoms with Crippen molar-refractivity contribution in [2.24, 2.45) is 5.73 Å². The molecular weight excluding hydrogens is 216 g/mol. The molecule has 4 nitrogen and oxygen atoms in total. The lowest BCUT2D eigenvalue weighted by molar-refractivity contribution is 0.151. The summed E-state index contributed by atoms with van der Waals surface area (Å²) in [6.07, 6.45) is -0.422. The largest absolute Gasteiger partial charge is 0.450 e. The molecule has 0 heterocycles. The number of hydrogen-bond donors (Lipinski definition) is 2. The molecule has 0 saturated heterocycles. The predicted molar refractivity (Wildman–Crippen MR) is 66.2 cm³/mol. The molecule has 1 aromatic carbocycles. The molecule has 3 N–H and O–H groups in total. The lowest BCUT2D eigenvalue weighted by Crippen LogP contribution is -2.24. The zero-order chi connectivity index (χ0) is 12.5. The predicted octanol–water partition coefficient (Wildman–Crippen LogP) is 1.24. The van der Waals surface area contributed by atoms with Crippen molar-refractivity contribution in [3.05, 3.63) is 35.4 Å². The zero-order valence-electron chi connectivity index (χ0n) is 9.82. The van der Waals surface area contributed by atoms with Crippen LogP contribution in [-0.2, 0) is 11.3 Å². The van der Waals surface area contributed by atoms with Gasteiger partial charge in [-0.2, -0.15) is 0 Å². The van der Waals surface area contributed by atoms with Crippen LogP contribution in [-0.4, -0.2) is 19.2 Å². The number of carbonyl (C=O) groups is 1. The smallest absolute Gasteiger partial charge is 0.407 e. The van der Waals surface area contributed by atoms with Gasteiger partial charge in [0.25, 0.3) is 0 Å². The highest BCUT2D eigenvalue weighted by atomic mass is 16.5. The molecule has 0 bridgehead atoms. The Bertz CT molecular complexity index is 433. The van der Waals surface area contributed by atoms with E-state index in [9.17, 15) is 4.79 Å². The Kier molecular flexibility index (Phi) is 5.62. The highest BCUT2D eigenvalue weighted by Crippen LogP contribution is 2.06. The van der Waals surface area contributed by atoms with Gasteiger partial charge in [-0.1, -0.05) is 30.0 Å². The van der Waals surface area contributed by atoms with Crippen molar-refractivity contribution in [3.63, 3.8) is 0 Å². The third kappa shape index (κ3) is 4.58. The fraction of sp³-hybridized carbons (Fsp3) is 0.308. The Morgan fingerprint density at radius 3 is 2.94 bits per heavy atom. The van der Waals surface area contributed by atoms with Gasteiger partial charge in [0.05, 0.1) is 13.2 Å². The van der Waals surface area contributed by atoms with E-state index >= 15 is 0 Å². The van der Waals surface area contributed by atoms with Crippen LogP contribution in [0, 0.1) is 11.8 Å². The van der Waals surface area contributed by atoms with Crippen molar-refractivity contribution < 1.29 is 9.53 Å². The van der Waals surface area contributed by atoms with Gasteiger partial charge in [-0.25, -0.2) is 4.79 Å². The van der Waals surface area contributed by atoms with Crippen molar-refractivity contribution >= 4 is 6.09 Å². The summed E-state index contributed by atoms with van der Waals surface area (Å²) in [5, 5.41) is 2.66. The molecule has 0 atom stereocenters. The van der Waals surface area contributed by atoms with Crippen molar-refractivity contribution in [2.75, 3.05) is 13.2 Å². The Balaban J connectivity index is 2.67. The minimum absolute atomic E-state index is 0.319. The molecule has 1 rings (SSSR count). The van der Waals surface area contributed by atoms with Gasteiger partial charge in [0.1, 0.15) is 0 Å². The van der Waals surface area contributed by atoms with Crippen LogP contribution in [0.3, 0.4) is 0 Å². The Morgan fingerprint density at radius 1 is 1.47 bits per heavy atom. The first-order chi connectivity index (χ1) is 8.27. The molecular formula is C13H16N2O2. The van der Waals surface area contributed by atoms with E-state index in [1.807, 2.05) is 24.3 Å². The number of alkyl carbamates (subject to hydrolysis) is 1. The molecule has 4 heteroatoms. The molecule has 0 saturated carbocycles. The van der Waals surface area contributed by atoms with Crippen LogP contribution in [0.25, 0.3) is 0 Å². The van der Waals surface area contributed by atoms with E-state index in [-0.39, 0.29) is 0 Å². The van der Waals surface area contributed by atoms with Crippen LogP contribution in [0.15, 0.2) is 24.3 Å². The highest BCUT2D eigenvalue weighted by molar-refractivity contribution is 5.67. The summed E-state index contributed by atoms with van der Waals surface area (Å²) in [4.78, 5) is 11.2. The third-order valence-electron chi connectivity index (χ3n) is 2.04. The molecule has 17 heavy (non-hydrogen) atoms. The van der Waals surface area contributed by atoms with Gasteiger partial charge in [-0.15, -0.1) is 0 Å². The van der Waals surface area contributed by atoms with Gasteiger partial charge in [0, 0.05) is 12.1 Å². The third-order valence-corrected chi connectivity index (χ3v) is 2.04. The fourth-order valence-corrected chi connectivity index (χ4v) is 1.29. The summed E-state index contributed by atoms with van der Waals surface area (Å²) in [6, 6.07) is 7.60. The van der Waals surface area contributed by atoms with Gasteiger partial charge in [0.15, 0.2) is 0 Å². The topological polar surface area (TPSA) is 64.3 Å². The quantitative estimate of drug-likeness (QED) is 0.771. The average molecular weight is 232 g/mol. The Morgan fingerprint density at radius 2 is 2.24 bits per heavy atom. The van der Waals surface area contributed by atoms with Crippen LogP contribution in [0.4, 0.5) is 4.79 Å². The summed E-state index contributed by atoms with van der Waals surface area (Å²) >= 11 is 0. The minimum atomic E-state index is -0.422. The molecule has 0 aromatic heterocycles. The number of nitrogens with one attached hydrogen (secondary N) is 1. The Labute approximate surface area is 101 Å². The maximum atomic E-state index is 11.2. The monoisotopic (exact) mass is 232 g/mol. The minimum Gasteiger partial charge on any atom is -0.450 e.